The Morgan fingerprint density at radius 1 is 1.24 bits per heavy atom. The van der Waals surface area contributed by atoms with Gasteiger partial charge in [0.2, 0.25) is 0 Å². The number of hydrogen-bond donors (Lipinski definition) is 0. The average Bonchev–Trinajstić information content (AvgIpc) is 2.90. The van der Waals surface area contributed by atoms with Gasteiger partial charge < -0.3 is 9.64 Å². The number of aryl methyl sites for hydroxylation is 1. The smallest absolute Gasteiger partial charge is 0.325 e. The lowest BCUT2D eigenvalue weighted by Gasteiger charge is -2.43. The maximum absolute atomic E-state index is 12.6. The van der Waals surface area contributed by atoms with Gasteiger partial charge in [0, 0.05) is 17.8 Å². The van der Waals surface area contributed by atoms with Crippen LogP contribution in [-0.2, 0) is 14.3 Å². The van der Waals surface area contributed by atoms with Crippen molar-refractivity contribution in [3.8, 4) is 0 Å². The molecule has 2 aliphatic heterocycles. The van der Waals surface area contributed by atoms with Crippen LogP contribution in [0.4, 0.5) is 10.5 Å². The van der Waals surface area contributed by atoms with Crippen molar-refractivity contribution in [3.05, 3.63) is 39.8 Å². The van der Waals surface area contributed by atoms with E-state index in [-0.39, 0.29) is 12.1 Å². The number of hydrogen-bond acceptors (Lipinski definition) is 6. The Balaban J connectivity index is 2.00. The van der Waals surface area contributed by atoms with E-state index in [9.17, 15) is 14.4 Å². The number of methoxy groups -OCH3 is 1. The second-order valence-corrected chi connectivity index (χ2v) is 8.79. The van der Waals surface area contributed by atoms with Gasteiger partial charge in [0.1, 0.15) is 6.54 Å². The highest BCUT2D eigenvalue weighted by Crippen LogP contribution is 2.41. The summed E-state index contributed by atoms with van der Waals surface area (Å²) in [5.41, 5.74) is 5.31. The summed E-state index contributed by atoms with van der Waals surface area (Å²) in [6.07, 6.45) is 3.99. The van der Waals surface area contributed by atoms with E-state index in [1.54, 1.807) is 6.08 Å². The molecule has 29 heavy (non-hydrogen) atoms. The second kappa shape index (κ2) is 7.71. The largest absolute Gasteiger partial charge is 0.468 e. The van der Waals surface area contributed by atoms with Gasteiger partial charge in [-0.05, 0) is 81.3 Å². The van der Waals surface area contributed by atoms with Gasteiger partial charge in [-0.1, -0.05) is 6.08 Å². The Kier molecular flexibility index (Phi) is 5.63. The molecule has 2 heterocycles. The van der Waals surface area contributed by atoms with Crippen LogP contribution < -0.4 is 4.90 Å². The van der Waals surface area contributed by atoms with Crippen molar-refractivity contribution >= 4 is 46.2 Å². The van der Waals surface area contributed by atoms with Crippen LogP contribution in [0, 0.1) is 6.92 Å². The fraction of sp³-hybridized carbons (Fsp3) is 0.409. The molecule has 0 bridgehead atoms. The number of carbonyl (C=O) groups excluding carboxylic acids is 3. The number of esters is 1. The lowest BCUT2D eigenvalue weighted by atomic mass is 9.87. The van der Waals surface area contributed by atoms with Crippen molar-refractivity contribution in [2.75, 3.05) is 25.1 Å². The van der Waals surface area contributed by atoms with Gasteiger partial charge in [-0.25, -0.2) is 0 Å². The molecule has 0 saturated carbocycles. The summed E-state index contributed by atoms with van der Waals surface area (Å²) in [5, 5.41) is -0.461. The zero-order valence-corrected chi connectivity index (χ0v) is 18.5. The van der Waals surface area contributed by atoms with Gasteiger partial charge in [0.15, 0.2) is 0 Å². The molecular weight excluding hydrogens is 388 g/mol. The molecule has 6 nitrogen and oxygen atoms in total. The van der Waals surface area contributed by atoms with E-state index >= 15 is 0 Å². The minimum absolute atomic E-state index is 0.0731. The normalized spacial score (nSPS) is 19.5. The van der Waals surface area contributed by atoms with E-state index in [2.05, 4.69) is 55.5 Å². The highest BCUT2D eigenvalue weighted by atomic mass is 32.2. The van der Waals surface area contributed by atoms with Crippen LogP contribution in [0.25, 0.3) is 11.6 Å². The Labute approximate surface area is 175 Å². The molecule has 0 aromatic heterocycles. The van der Waals surface area contributed by atoms with E-state index < -0.39 is 17.1 Å². The molecule has 154 valence electrons. The molecule has 0 atom stereocenters. The number of ether oxygens (including phenoxy) is 1. The number of carbonyl (C=O) groups is 3. The van der Waals surface area contributed by atoms with E-state index in [1.165, 1.54) is 18.4 Å². The predicted octanol–water partition coefficient (Wildman–Crippen LogP) is 4.23. The lowest BCUT2D eigenvalue weighted by Crippen LogP contribution is -2.44. The zero-order valence-electron chi connectivity index (χ0n) is 17.7. The van der Waals surface area contributed by atoms with Crippen LogP contribution in [0.3, 0.4) is 0 Å². The summed E-state index contributed by atoms with van der Waals surface area (Å²) in [6.45, 7) is 11.1. The summed E-state index contributed by atoms with van der Waals surface area (Å²) in [6, 6.07) is 4.21. The third-order valence-electron chi connectivity index (χ3n) is 5.36. The zero-order chi connectivity index (χ0) is 21.5. The molecular formula is C22H26N2O4S. The van der Waals surface area contributed by atoms with E-state index in [1.807, 2.05) is 6.92 Å². The van der Waals surface area contributed by atoms with Crippen molar-refractivity contribution in [2.24, 2.45) is 0 Å². The number of benzene rings is 1. The van der Waals surface area contributed by atoms with Crippen molar-refractivity contribution in [1.29, 1.82) is 0 Å². The summed E-state index contributed by atoms with van der Waals surface area (Å²) in [7, 11) is 1.23. The molecule has 0 N–H and O–H groups in total. The van der Waals surface area contributed by atoms with Gasteiger partial charge in [0.25, 0.3) is 11.1 Å². The molecule has 0 aliphatic carbocycles. The van der Waals surface area contributed by atoms with Gasteiger partial charge >= 0.3 is 5.97 Å². The topological polar surface area (TPSA) is 66.9 Å². The number of amides is 2. The van der Waals surface area contributed by atoms with Crippen molar-refractivity contribution in [1.82, 2.24) is 4.90 Å². The molecule has 1 aromatic carbocycles. The van der Waals surface area contributed by atoms with Crippen LogP contribution in [0.1, 0.15) is 44.4 Å². The molecule has 2 aliphatic rings. The number of anilines is 1. The molecule has 3 rings (SSSR count). The van der Waals surface area contributed by atoms with Gasteiger partial charge in [0.05, 0.1) is 17.6 Å². The Hall–Kier alpha value is -2.54. The SMILES string of the molecule is CCN1c2cc(C)c(/C=C3/SC(=O)N(CC(=O)OC)C3=O)cc2C(C)=CC1(C)C. The molecule has 2 amide bonds. The first kappa shape index (κ1) is 21.2. The standard InChI is InChI=1S/C22H26N2O4S/c1-7-24-17-8-13(2)15(9-16(17)14(3)11-22(24,4)5)10-18-20(26)23(21(27)29-18)12-19(25)28-6/h8-11H,7,12H2,1-6H3/b18-10+. The van der Waals surface area contributed by atoms with E-state index in [0.717, 1.165) is 39.9 Å². The number of likely N-dealkylation sites (N-methyl/N-ethyl adjacent to an activating group) is 1. The fourth-order valence-electron chi connectivity index (χ4n) is 3.95. The number of rotatable bonds is 4. The first-order valence-corrected chi connectivity index (χ1v) is 10.3. The molecule has 1 fully saturated rings. The molecule has 0 unspecified atom stereocenters. The molecule has 7 heteroatoms. The summed E-state index contributed by atoms with van der Waals surface area (Å²) in [4.78, 5) is 39.8. The number of fused-ring (bicyclic) bond motifs is 1. The van der Waals surface area contributed by atoms with Gasteiger partial charge in [-0.2, -0.15) is 0 Å². The van der Waals surface area contributed by atoms with Gasteiger partial charge in [-0.15, -0.1) is 0 Å². The Morgan fingerprint density at radius 3 is 2.55 bits per heavy atom. The lowest BCUT2D eigenvalue weighted by molar-refractivity contribution is -0.143. The molecule has 1 aromatic rings. The summed E-state index contributed by atoms with van der Waals surface area (Å²) in [5.74, 6) is -1.09. The maximum atomic E-state index is 12.6. The van der Waals surface area contributed by atoms with Gasteiger partial charge in [-0.3, -0.25) is 19.3 Å². The molecule has 1 saturated heterocycles. The van der Waals surface area contributed by atoms with Crippen molar-refractivity contribution in [3.63, 3.8) is 0 Å². The minimum atomic E-state index is -0.624. The van der Waals surface area contributed by atoms with Crippen LogP contribution in [-0.4, -0.2) is 47.8 Å². The second-order valence-electron chi connectivity index (χ2n) is 7.80. The van der Waals surface area contributed by atoms with Crippen molar-refractivity contribution in [2.45, 2.75) is 40.2 Å². The minimum Gasteiger partial charge on any atom is -0.468 e. The average molecular weight is 415 g/mol. The predicted molar refractivity (Wildman–Crippen MR) is 117 cm³/mol. The van der Waals surface area contributed by atoms with E-state index in [4.69, 9.17) is 0 Å². The van der Waals surface area contributed by atoms with Crippen LogP contribution in [0.5, 0.6) is 0 Å². The first-order valence-electron chi connectivity index (χ1n) is 9.53. The van der Waals surface area contributed by atoms with E-state index in [0.29, 0.717) is 4.91 Å². The monoisotopic (exact) mass is 414 g/mol. The number of imide groups is 1. The van der Waals surface area contributed by atoms with Crippen molar-refractivity contribution < 1.29 is 19.1 Å². The highest BCUT2D eigenvalue weighted by molar-refractivity contribution is 8.18. The Bertz CT molecular complexity index is 962. The van der Waals surface area contributed by atoms with Crippen LogP contribution >= 0.6 is 11.8 Å². The van der Waals surface area contributed by atoms with Crippen LogP contribution in [0.2, 0.25) is 0 Å². The third-order valence-corrected chi connectivity index (χ3v) is 6.26. The third kappa shape index (κ3) is 3.83. The Morgan fingerprint density at radius 2 is 1.93 bits per heavy atom. The summed E-state index contributed by atoms with van der Waals surface area (Å²) >= 11 is 0.847. The highest BCUT2D eigenvalue weighted by Gasteiger charge is 2.37. The number of thioether (sulfide) groups is 1. The fourth-order valence-corrected chi connectivity index (χ4v) is 4.78. The van der Waals surface area contributed by atoms with Crippen LogP contribution in [0.15, 0.2) is 23.1 Å². The number of allylic oxidation sites excluding steroid dienone is 1. The summed E-state index contributed by atoms with van der Waals surface area (Å²) < 4.78 is 4.57. The number of nitrogens with zero attached hydrogens (tertiary/aromatic N) is 2. The maximum Gasteiger partial charge on any atom is 0.325 e. The molecule has 0 spiro atoms. The quantitative estimate of drug-likeness (QED) is 0.543. The first-order chi connectivity index (χ1) is 13.6. The molecule has 0 radical (unpaired) electrons.